The molecule has 0 saturated heterocycles. The molecule has 3 aliphatic carbocycles. The van der Waals surface area contributed by atoms with Crippen molar-refractivity contribution < 1.29 is 9.13 Å². The van der Waals surface area contributed by atoms with Crippen LogP contribution in [0.3, 0.4) is 0 Å². The number of nitrogens with zero attached hydrogens (tertiary/aromatic N) is 1. The standard InChI is InChI=1S/C18H22FNO/c1-2-17-5-8-18(9-6-17,10-7-17)13-21-15-4-3-14(12-20)16(19)11-15/h3-4,11H,2,5-10,13H2,1H3. The van der Waals surface area contributed by atoms with E-state index in [1.54, 1.807) is 6.07 Å². The molecule has 0 unspecified atom stereocenters. The van der Waals surface area contributed by atoms with E-state index in [-0.39, 0.29) is 5.56 Å². The number of fused-ring (bicyclic) bond motifs is 3. The third kappa shape index (κ3) is 2.64. The average Bonchev–Trinajstić information content (AvgIpc) is 2.55. The molecular weight excluding hydrogens is 265 g/mol. The third-order valence-electron chi connectivity index (χ3n) is 5.91. The first kappa shape index (κ1) is 14.4. The molecule has 1 aromatic rings. The summed E-state index contributed by atoms with van der Waals surface area (Å²) in [6.45, 7) is 2.99. The molecule has 0 radical (unpaired) electrons. The van der Waals surface area contributed by atoms with Crippen molar-refractivity contribution in [3.8, 4) is 11.8 Å². The summed E-state index contributed by atoms with van der Waals surface area (Å²) >= 11 is 0. The summed E-state index contributed by atoms with van der Waals surface area (Å²) in [4.78, 5) is 0. The van der Waals surface area contributed by atoms with E-state index < -0.39 is 5.82 Å². The highest BCUT2D eigenvalue weighted by atomic mass is 19.1. The SMILES string of the molecule is CCC12CCC(COc3ccc(C#N)c(F)c3)(CC1)CC2. The van der Waals surface area contributed by atoms with Crippen molar-refractivity contribution in [2.45, 2.75) is 51.9 Å². The van der Waals surface area contributed by atoms with Crippen molar-refractivity contribution in [2.75, 3.05) is 6.61 Å². The lowest BCUT2D eigenvalue weighted by Crippen LogP contribution is -2.44. The molecule has 0 heterocycles. The molecule has 0 spiro atoms. The zero-order valence-corrected chi connectivity index (χ0v) is 12.6. The minimum Gasteiger partial charge on any atom is -0.493 e. The summed E-state index contributed by atoms with van der Waals surface area (Å²) in [5.41, 5.74) is 0.965. The molecule has 1 aromatic carbocycles. The van der Waals surface area contributed by atoms with Crippen LogP contribution in [0, 0.1) is 28.0 Å². The van der Waals surface area contributed by atoms with Crippen LogP contribution in [0.1, 0.15) is 57.4 Å². The van der Waals surface area contributed by atoms with Gasteiger partial charge in [-0.25, -0.2) is 4.39 Å². The Morgan fingerprint density at radius 1 is 1.14 bits per heavy atom. The lowest BCUT2D eigenvalue weighted by atomic mass is 9.53. The highest BCUT2D eigenvalue weighted by Gasteiger charge is 2.47. The van der Waals surface area contributed by atoms with Gasteiger partial charge in [-0.05, 0) is 56.1 Å². The third-order valence-corrected chi connectivity index (χ3v) is 5.91. The quantitative estimate of drug-likeness (QED) is 0.794. The summed E-state index contributed by atoms with van der Waals surface area (Å²) < 4.78 is 19.5. The fraction of sp³-hybridized carbons (Fsp3) is 0.611. The van der Waals surface area contributed by atoms with Gasteiger partial charge in [0.15, 0.2) is 0 Å². The number of ether oxygens (including phenoxy) is 1. The van der Waals surface area contributed by atoms with Gasteiger partial charge in [-0.3, -0.25) is 0 Å². The molecule has 21 heavy (non-hydrogen) atoms. The second-order valence-corrected chi connectivity index (χ2v) is 6.90. The van der Waals surface area contributed by atoms with Crippen LogP contribution in [0.2, 0.25) is 0 Å². The Kier molecular flexibility index (Phi) is 3.65. The van der Waals surface area contributed by atoms with E-state index in [9.17, 15) is 4.39 Å². The van der Waals surface area contributed by atoms with E-state index in [1.165, 1.54) is 57.1 Å². The maximum Gasteiger partial charge on any atom is 0.144 e. The molecular formula is C18H22FNO. The number of benzene rings is 1. The van der Waals surface area contributed by atoms with Gasteiger partial charge in [0.05, 0.1) is 12.2 Å². The Morgan fingerprint density at radius 3 is 2.29 bits per heavy atom. The fourth-order valence-electron chi connectivity index (χ4n) is 4.00. The molecule has 4 rings (SSSR count). The zero-order chi connectivity index (χ0) is 14.9. The molecule has 3 aliphatic rings. The van der Waals surface area contributed by atoms with Crippen LogP contribution in [0.4, 0.5) is 4.39 Å². The smallest absolute Gasteiger partial charge is 0.144 e. The summed E-state index contributed by atoms with van der Waals surface area (Å²) in [6, 6.07) is 6.35. The van der Waals surface area contributed by atoms with Crippen molar-refractivity contribution in [3.05, 3.63) is 29.6 Å². The second kappa shape index (κ2) is 5.33. The minimum atomic E-state index is -0.496. The normalized spacial score (nSPS) is 30.9. The second-order valence-electron chi connectivity index (χ2n) is 6.90. The summed E-state index contributed by atoms with van der Waals surface area (Å²) in [5, 5.41) is 8.74. The Hall–Kier alpha value is -1.56. The molecule has 0 aromatic heterocycles. The predicted molar refractivity (Wildman–Crippen MR) is 79.5 cm³/mol. The topological polar surface area (TPSA) is 33.0 Å². The first-order chi connectivity index (χ1) is 10.1. The van der Waals surface area contributed by atoms with Gasteiger partial charge in [-0.1, -0.05) is 13.3 Å². The Balaban J connectivity index is 1.64. The first-order valence-corrected chi connectivity index (χ1v) is 7.93. The molecule has 0 N–H and O–H groups in total. The highest BCUT2D eigenvalue weighted by Crippen LogP contribution is 2.58. The largest absolute Gasteiger partial charge is 0.493 e. The fourth-order valence-corrected chi connectivity index (χ4v) is 4.00. The molecule has 0 aliphatic heterocycles. The molecule has 2 bridgehead atoms. The van der Waals surface area contributed by atoms with Crippen LogP contribution in [-0.2, 0) is 0 Å². The van der Waals surface area contributed by atoms with Crippen LogP contribution in [0.5, 0.6) is 5.75 Å². The van der Waals surface area contributed by atoms with E-state index in [0.717, 1.165) is 0 Å². The van der Waals surface area contributed by atoms with E-state index in [0.29, 0.717) is 23.2 Å². The van der Waals surface area contributed by atoms with E-state index >= 15 is 0 Å². The Labute approximate surface area is 125 Å². The number of halogens is 1. The monoisotopic (exact) mass is 287 g/mol. The van der Waals surface area contributed by atoms with Crippen LogP contribution >= 0.6 is 0 Å². The molecule has 3 fully saturated rings. The molecule has 3 saturated carbocycles. The van der Waals surface area contributed by atoms with Crippen molar-refractivity contribution in [3.63, 3.8) is 0 Å². The maximum atomic E-state index is 13.6. The predicted octanol–water partition coefficient (Wildman–Crippen LogP) is 4.83. The van der Waals surface area contributed by atoms with E-state index in [4.69, 9.17) is 10.00 Å². The van der Waals surface area contributed by atoms with Gasteiger partial charge in [0.25, 0.3) is 0 Å². The van der Waals surface area contributed by atoms with Crippen LogP contribution in [0.25, 0.3) is 0 Å². The van der Waals surface area contributed by atoms with Crippen molar-refractivity contribution in [1.82, 2.24) is 0 Å². The van der Waals surface area contributed by atoms with Gasteiger partial charge in [-0.15, -0.1) is 0 Å². The molecule has 0 amide bonds. The molecule has 3 heteroatoms. The summed E-state index contributed by atoms with van der Waals surface area (Å²) in [7, 11) is 0. The summed E-state index contributed by atoms with van der Waals surface area (Å²) in [6.07, 6.45) is 8.95. The van der Waals surface area contributed by atoms with Gasteiger partial charge < -0.3 is 4.74 Å². The van der Waals surface area contributed by atoms with Gasteiger partial charge in [0, 0.05) is 11.5 Å². The van der Waals surface area contributed by atoms with E-state index in [1.807, 2.05) is 6.07 Å². The lowest BCUT2D eigenvalue weighted by molar-refractivity contribution is -0.0376. The molecule has 2 nitrogen and oxygen atoms in total. The number of hydrogen-bond donors (Lipinski definition) is 0. The van der Waals surface area contributed by atoms with Crippen molar-refractivity contribution in [2.24, 2.45) is 10.8 Å². The Morgan fingerprint density at radius 2 is 1.76 bits per heavy atom. The lowest BCUT2D eigenvalue weighted by Gasteiger charge is -2.53. The average molecular weight is 287 g/mol. The first-order valence-electron chi connectivity index (χ1n) is 7.93. The van der Waals surface area contributed by atoms with Gasteiger partial charge in [0.2, 0.25) is 0 Å². The van der Waals surface area contributed by atoms with Crippen LogP contribution in [0.15, 0.2) is 18.2 Å². The van der Waals surface area contributed by atoms with Crippen LogP contribution in [-0.4, -0.2) is 6.61 Å². The van der Waals surface area contributed by atoms with Gasteiger partial charge >= 0.3 is 0 Å². The summed E-state index contributed by atoms with van der Waals surface area (Å²) in [5.74, 6) is 0.0450. The van der Waals surface area contributed by atoms with Gasteiger partial charge in [-0.2, -0.15) is 5.26 Å². The van der Waals surface area contributed by atoms with E-state index in [2.05, 4.69) is 6.92 Å². The molecule has 0 atom stereocenters. The maximum absolute atomic E-state index is 13.6. The number of hydrogen-bond acceptors (Lipinski definition) is 2. The number of nitriles is 1. The van der Waals surface area contributed by atoms with Crippen molar-refractivity contribution in [1.29, 1.82) is 5.26 Å². The van der Waals surface area contributed by atoms with Crippen molar-refractivity contribution >= 4 is 0 Å². The van der Waals surface area contributed by atoms with Crippen LogP contribution < -0.4 is 4.74 Å². The number of rotatable bonds is 4. The van der Waals surface area contributed by atoms with Gasteiger partial charge in [0.1, 0.15) is 17.6 Å². The Bertz CT molecular complexity index is 551. The molecule has 112 valence electrons. The minimum absolute atomic E-state index is 0.0728. The zero-order valence-electron chi connectivity index (χ0n) is 12.6. The highest BCUT2D eigenvalue weighted by molar-refractivity contribution is 5.36.